The number of rotatable bonds is 0. The molecule has 1 aromatic carbocycles. The average Bonchev–Trinajstić information content (AvgIpc) is 1.88. The number of halogens is 1. The van der Waals surface area contributed by atoms with Gasteiger partial charge in [-0.3, -0.25) is 0 Å². The highest BCUT2D eigenvalue weighted by atomic mass is 79.9. The number of hydrogen-bond acceptors (Lipinski definition) is 3. The van der Waals surface area contributed by atoms with E-state index in [2.05, 4.69) is 15.9 Å². The van der Waals surface area contributed by atoms with Gasteiger partial charge >= 0.3 is 0 Å². The van der Waals surface area contributed by atoms with Gasteiger partial charge in [-0.2, -0.15) is 5.26 Å². The summed E-state index contributed by atoms with van der Waals surface area (Å²) in [6.45, 7) is 0. The highest BCUT2D eigenvalue weighted by molar-refractivity contribution is 9.10. The Bertz CT molecular complexity index is 293. The van der Waals surface area contributed by atoms with Crippen molar-refractivity contribution in [3.8, 4) is 11.8 Å². The lowest BCUT2D eigenvalue weighted by Gasteiger charge is -1.93. The van der Waals surface area contributed by atoms with Gasteiger partial charge in [-0.1, -0.05) is 15.9 Å². The maximum Gasteiger partial charge on any atom is 0.134 e. The van der Waals surface area contributed by atoms with Gasteiger partial charge < -0.3 is 11.3 Å². The molecular weight excluding hydrogens is 208 g/mol. The third kappa shape index (κ3) is 2.22. The molecule has 0 aliphatic carbocycles. The predicted molar refractivity (Wildman–Crippen MR) is 45.5 cm³/mol. The number of aromatic hydroxyl groups is 1. The van der Waals surface area contributed by atoms with Crippen LogP contribution in [-0.2, 0) is 0 Å². The Morgan fingerprint density at radius 1 is 1.45 bits per heavy atom. The first-order valence-electron chi connectivity index (χ1n) is 2.62. The van der Waals surface area contributed by atoms with Crippen molar-refractivity contribution in [2.24, 2.45) is 0 Å². The van der Waals surface area contributed by atoms with E-state index in [1.54, 1.807) is 12.1 Å². The maximum absolute atomic E-state index is 9.04. The molecule has 1 aromatic rings. The fourth-order valence-electron chi connectivity index (χ4n) is 0.599. The molecule has 0 saturated carbocycles. The van der Waals surface area contributed by atoms with Crippen molar-refractivity contribution in [3.63, 3.8) is 0 Å². The van der Waals surface area contributed by atoms with E-state index in [-0.39, 0.29) is 11.9 Å². The summed E-state index contributed by atoms with van der Waals surface area (Å²) in [5.74, 6) is 0.0110. The van der Waals surface area contributed by atoms with Crippen LogP contribution in [0.4, 0.5) is 0 Å². The van der Waals surface area contributed by atoms with E-state index in [0.717, 1.165) is 4.47 Å². The summed E-state index contributed by atoms with van der Waals surface area (Å²) < 4.78 is 0.768. The van der Waals surface area contributed by atoms with E-state index in [1.807, 2.05) is 6.07 Å². The normalized spacial score (nSPS) is 8.00. The lowest BCUT2D eigenvalue weighted by atomic mass is 10.2. The van der Waals surface area contributed by atoms with Crippen molar-refractivity contribution in [3.05, 3.63) is 28.2 Å². The van der Waals surface area contributed by atoms with Crippen molar-refractivity contribution < 1.29 is 5.11 Å². The Kier molecular flexibility index (Phi) is 3.58. The fraction of sp³-hybridized carbons (Fsp3) is 0. The smallest absolute Gasteiger partial charge is 0.134 e. The van der Waals surface area contributed by atoms with Crippen LogP contribution < -0.4 is 6.15 Å². The Balaban J connectivity index is 0.000001000. The average molecular weight is 215 g/mol. The molecule has 0 amide bonds. The molecule has 0 aliphatic heterocycles. The second kappa shape index (κ2) is 3.96. The van der Waals surface area contributed by atoms with E-state index in [9.17, 15) is 0 Å². The van der Waals surface area contributed by atoms with Gasteiger partial charge in [0.1, 0.15) is 11.8 Å². The largest absolute Gasteiger partial charge is 0.507 e. The number of nitriles is 1. The molecule has 0 heterocycles. The molecule has 0 fully saturated rings. The molecule has 0 aliphatic rings. The molecule has 0 unspecified atom stereocenters. The summed E-state index contributed by atoms with van der Waals surface area (Å²) in [4.78, 5) is 0. The van der Waals surface area contributed by atoms with Crippen molar-refractivity contribution in [1.82, 2.24) is 6.15 Å². The van der Waals surface area contributed by atoms with E-state index >= 15 is 0 Å². The predicted octanol–water partition coefficient (Wildman–Crippen LogP) is 2.19. The van der Waals surface area contributed by atoms with Gasteiger partial charge in [-0.25, -0.2) is 0 Å². The van der Waals surface area contributed by atoms with Gasteiger partial charge in [0, 0.05) is 4.47 Å². The molecule has 1 rings (SSSR count). The van der Waals surface area contributed by atoms with Gasteiger partial charge in [-0.05, 0) is 18.2 Å². The van der Waals surface area contributed by atoms with E-state index in [1.165, 1.54) is 6.07 Å². The van der Waals surface area contributed by atoms with Crippen LogP contribution >= 0.6 is 15.9 Å². The third-order valence-electron chi connectivity index (χ3n) is 1.08. The van der Waals surface area contributed by atoms with Crippen molar-refractivity contribution in [2.45, 2.75) is 0 Å². The van der Waals surface area contributed by atoms with Crippen LogP contribution in [0, 0.1) is 11.3 Å². The summed E-state index contributed by atoms with van der Waals surface area (Å²) in [6, 6.07) is 6.60. The summed E-state index contributed by atoms with van der Waals surface area (Å²) in [7, 11) is 0. The van der Waals surface area contributed by atoms with Gasteiger partial charge in [0.25, 0.3) is 0 Å². The van der Waals surface area contributed by atoms with Gasteiger partial charge in [0.15, 0.2) is 0 Å². The highest BCUT2D eigenvalue weighted by Crippen LogP contribution is 2.20. The maximum atomic E-state index is 9.04. The summed E-state index contributed by atoms with van der Waals surface area (Å²) in [5.41, 5.74) is 0.295. The molecular formula is C7H7BrN2O. The van der Waals surface area contributed by atoms with E-state index in [4.69, 9.17) is 10.4 Å². The highest BCUT2D eigenvalue weighted by Gasteiger charge is 1.97. The molecule has 4 heteroatoms. The number of benzene rings is 1. The second-order valence-corrected chi connectivity index (χ2v) is 2.69. The summed E-state index contributed by atoms with van der Waals surface area (Å²) >= 11 is 3.16. The first-order valence-corrected chi connectivity index (χ1v) is 3.42. The molecule has 4 N–H and O–H groups in total. The van der Waals surface area contributed by atoms with Crippen LogP contribution in [0.3, 0.4) is 0 Å². The summed E-state index contributed by atoms with van der Waals surface area (Å²) in [6.07, 6.45) is 0. The molecule has 0 bridgehead atoms. The zero-order valence-corrected chi connectivity index (χ0v) is 7.30. The molecule has 0 spiro atoms. The molecule has 3 nitrogen and oxygen atoms in total. The minimum absolute atomic E-state index is 0. The molecule has 11 heavy (non-hydrogen) atoms. The van der Waals surface area contributed by atoms with Crippen LogP contribution in [0.15, 0.2) is 22.7 Å². The van der Waals surface area contributed by atoms with Crippen molar-refractivity contribution >= 4 is 15.9 Å². The van der Waals surface area contributed by atoms with Crippen LogP contribution in [0.25, 0.3) is 0 Å². The lowest BCUT2D eigenvalue weighted by Crippen LogP contribution is -1.74. The number of phenols is 1. The first kappa shape index (κ1) is 9.95. The summed E-state index contributed by atoms with van der Waals surface area (Å²) in [5, 5.41) is 17.4. The van der Waals surface area contributed by atoms with Crippen LogP contribution in [0.2, 0.25) is 0 Å². The SMILES string of the molecule is N.N#Cc1ccc(Br)cc1O. The second-order valence-electron chi connectivity index (χ2n) is 1.77. The molecule has 58 valence electrons. The fourth-order valence-corrected chi connectivity index (χ4v) is 0.948. The van der Waals surface area contributed by atoms with Crippen molar-refractivity contribution in [1.29, 1.82) is 5.26 Å². The van der Waals surface area contributed by atoms with Crippen molar-refractivity contribution in [2.75, 3.05) is 0 Å². The zero-order chi connectivity index (χ0) is 7.56. The number of nitrogens with zero attached hydrogens (tertiary/aromatic N) is 1. The number of phenolic OH excluding ortho intramolecular Hbond substituents is 1. The van der Waals surface area contributed by atoms with Gasteiger partial charge in [0.05, 0.1) is 5.56 Å². The van der Waals surface area contributed by atoms with Gasteiger partial charge in [0.2, 0.25) is 0 Å². The van der Waals surface area contributed by atoms with Crippen LogP contribution in [0.5, 0.6) is 5.75 Å². The quantitative estimate of drug-likeness (QED) is 0.695. The topological polar surface area (TPSA) is 79.0 Å². The number of hydrogen-bond donors (Lipinski definition) is 2. The monoisotopic (exact) mass is 214 g/mol. The Morgan fingerprint density at radius 3 is 2.55 bits per heavy atom. The Hall–Kier alpha value is -1.05. The van der Waals surface area contributed by atoms with E-state index < -0.39 is 0 Å². The lowest BCUT2D eigenvalue weighted by molar-refractivity contribution is 0.473. The third-order valence-corrected chi connectivity index (χ3v) is 1.57. The minimum Gasteiger partial charge on any atom is -0.507 e. The standard InChI is InChI=1S/C7H4BrNO.H3N/c8-6-2-1-5(4-9)7(10)3-6;/h1-3,10H;1H3. The molecule has 0 aromatic heterocycles. The first-order chi connectivity index (χ1) is 4.74. The van der Waals surface area contributed by atoms with Crippen LogP contribution in [-0.4, -0.2) is 5.11 Å². The zero-order valence-electron chi connectivity index (χ0n) is 5.71. The Labute approximate surface area is 73.0 Å². The van der Waals surface area contributed by atoms with E-state index in [0.29, 0.717) is 5.56 Å². The van der Waals surface area contributed by atoms with Gasteiger partial charge in [-0.15, -0.1) is 0 Å². The molecule has 0 radical (unpaired) electrons. The molecule has 0 atom stereocenters. The van der Waals surface area contributed by atoms with Crippen LogP contribution in [0.1, 0.15) is 5.56 Å². The molecule has 0 saturated heterocycles. The Morgan fingerprint density at radius 2 is 2.09 bits per heavy atom. The minimum atomic E-state index is 0.